The first-order valence-electron chi connectivity index (χ1n) is 36.3. The first kappa shape index (κ1) is 77.9. The van der Waals surface area contributed by atoms with Gasteiger partial charge >= 0.3 is 17.9 Å². The summed E-state index contributed by atoms with van der Waals surface area (Å²) in [6.45, 7) is 6.68. The van der Waals surface area contributed by atoms with Crippen molar-refractivity contribution in [2.75, 3.05) is 13.2 Å². The van der Waals surface area contributed by atoms with Crippen LogP contribution < -0.4 is 0 Å². The average molecular weight is 1130 g/mol. The second kappa shape index (κ2) is 69.4. The Bertz CT molecular complexity index is 1290. The topological polar surface area (TPSA) is 78.9 Å². The molecule has 0 aliphatic rings. The summed E-state index contributed by atoms with van der Waals surface area (Å²) in [7, 11) is 0. The van der Waals surface area contributed by atoms with E-state index in [1.807, 2.05) is 0 Å². The largest absolute Gasteiger partial charge is 0.462 e. The summed E-state index contributed by atoms with van der Waals surface area (Å²) in [5, 5.41) is 0. The Hall–Kier alpha value is -2.11. The molecule has 0 heterocycles. The van der Waals surface area contributed by atoms with Crippen molar-refractivity contribution in [3.05, 3.63) is 24.3 Å². The van der Waals surface area contributed by atoms with Gasteiger partial charge in [0.15, 0.2) is 6.10 Å². The highest BCUT2D eigenvalue weighted by molar-refractivity contribution is 5.71. The number of ether oxygens (including phenoxy) is 3. The smallest absolute Gasteiger partial charge is 0.306 e. The predicted octanol–water partition coefficient (Wildman–Crippen LogP) is 25.0. The van der Waals surface area contributed by atoms with E-state index in [4.69, 9.17) is 14.2 Å². The predicted molar refractivity (Wildman–Crippen MR) is 349 cm³/mol. The minimum atomic E-state index is -0.774. The number of allylic oxidation sites excluding steroid dienone is 4. The van der Waals surface area contributed by atoms with Gasteiger partial charge in [0.1, 0.15) is 13.2 Å². The molecular weight excluding hydrogens is 985 g/mol. The zero-order chi connectivity index (χ0) is 57.8. The third-order valence-electron chi connectivity index (χ3n) is 16.7. The summed E-state index contributed by atoms with van der Waals surface area (Å²) in [4.78, 5) is 38.4. The van der Waals surface area contributed by atoms with Crippen LogP contribution in [0.25, 0.3) is 0 Å². The highest BCUT2D eigenvalue weighted by Crippen LogP contribution is 2.19. The second-order valence-corrected chi connectivity index (χ2v) is 24.9. The molecule has 0 saturated carbocycles. The fourth-order valence-corrected chi connectivity index (χ4v) is 11.2. The van der Waals surface area contributed by atoms with Gasteiger partial charge in [-0.3, -0.25) is 14.4 Å². The van der Waals surface area contributed by atoms with Crippen LogP contribution in [0.15, 0.2) is 24.3 Å². The van der Waals surface area contributed by atoms with Gasteiger partial charge in [0.05, 0.1) is 0 Å². The van der Waals surface area contributed by atoms with Gasteiger partial charge in [-0.2, -0.15) is 0 Å². The number of rotatable bonds is 68. The Balaban J connectivity index is 4.19. The van der Waals surface area contributed by atoms with Crippen molar-refractivity contribution in [1.82, 2.24) is 0 Å². The molecular formula is C74H140O6. The van der Waals surface area contributed by atoms with E-state index in [2.05, 4.69) is 45.1 Å². The zero-order valence-electron chi connectivity index (χ0n) is 54.4. The van der Waals surface area contributed by atoms with E-state index < -0.39 is 6.10 Å². The van der Waals surface area contributed by atoms with Crippen LogP contribution in [0.1, 0.15) is 412 Å². The third-order valence-corrected chi connectivity index (χ3v) is 16.7. The van der Waals surface area contributed by atoms with Crippen molar-refractivity contribution in [1.29, 1.82) is 0 Å². The van der Waals surface area contributed by atoms with Crippen LogP contribution in [-0.4, -0.2) is 37.2 Å². The van der Waals surface area contributed by atoms with Crippen LogP contribution >= 0.6 is 0 Å². The van der Waals surface area contributed by atoms with Gasteiger partial charge in [0.2, 0.25) is 0 Å². The highest BCUT2D eigenvalue weighted by Gasteiger charge is 2.19. The highest BCUT2D eigenvalue weighted by atomic mass is 16.6. The minimum Gasteiger partial charge on any atom is -0.462 e. The van der Waals surface area contributed by atoms with Gasteiger partial charge in [0.25, 0.3) is 0 Å². The van der Waals surface area contributed by atoms with Crippen molar-refractivity contribution in [3.63, 3.8) is 0 Å². The van der Waals surface area contributed by atoms with Gasteiger partial charge in [-0.1, -0.05) is 373 Å². The molecule has 0 N–H and O–H groups in total. The molecule has 0 fully saturated rings. The molecule has 1 unspecified atom stereocenters. The molecule has 6 heteroatoms. The molecule has 0 radical (unpaired) electrons. The quantitative estimate of drug-likeness (QED) is 0.0261. The summed E-state index contributed by atoms with van der Waals surface area (Å²) >= 11 is 0. The molecule has 0 aromatic carbocycles. The fraction of sp³-hybridized carbons (Fsp3) is 0.905. The van der Waals surface area contributed by atoms with Crippen LogP contribution in [0.5, 0.6) is 0 Å². The van der Waals surface area contributed by atoms with E-state index in [-0.39, 0.29) is 31.1 Å². The number of esters is 3. The molecule has 0 bridgehead atoms. The molecule has 1 atom stereocenters. The third kappa shape index (κ3) is 66.7. The Morgan fingerprint density at radius 3 is 0.725 bits per heavy atom. The SMILES string of the molecule is CCCC/C=C\C/C=C\CCCCCCCC(=O)OCC(COC(=O)CCCCCCCCCCCCCCCCCCCCCCCCCCCCCC)OC(=O)CCCCCCCCCCCCCCCCCCCCCC. The molecule has 0 aromatic heterocycles. The Labute approximate surface area is 500 Å². The van der Waals surface area contributed by atoms with Gasteiger partial charge in [-0.05, 0) is 44.9 Å². The van der Waals surface area contributed by atoms with Crippen LogP contribution in [0.2, 0.25) is 0 Å². The summed E-state index contributed by atoms with van der Waals surface area (Å²) in [5.74, 6) is -0.850. The van der Waals surface area contributed by atoms with Crippen molar-refractivity contribution >= 4 is 17.9 Å². The molecule has 472 valence electrons. The first-order valence-corrected chi connectivity index (χ1v) is 36.3. The van der Waals surface area contributed by atoms with Gasteiger partial charge in [0, 0.05) is 19.3 Å². The molecule has 6 nitrogen and oxygen atoms in total. The maximum atomic E-state index is 13.0. The number of hydrogen-bond acceptors (Lipinski definition) is 6. The monoisotopic (exact) mass is 1130 g/mol. The number of carbonyl (C=O) groups excluding carboxylic acids is 3. The molecule has 0 saturated heterocycles. The van der Waals surface area contributed by atoms with E-state index in [0.29, 0.717) is 19.3 Å². The van der Waals surface area contributed by atoms with Crippen molar-refractivity contribution in [2.45, 2.75) is 419 Å². The van der Waals surface area contributed by atoms with Gasteiger partial charge in [-0.25, -0.2) is 0 Å². The first-order chi connectivity index (χ1) is 39.5. The molecule has 0 rings (SSSR count). The number of hydrogen-bond donors (Lipinski definition) is 0. The second-order valence-electron chi connectivity index (χ2n) is 24.9. The maximum absolute atomic E-state index is 13.0. The average Bonchev–Trinajstić information content (AvgIpc) is 3.46. The lowest BCUT2D eigenvalue weighted by atomic mass is 10.0. The van der Waals surface area contributed by atoms with E-state index in [1.54, 1.807) is 0 Å². The lowest BCUT2D eigenvalue weighted by Crippen LogP contribution is -2.30. The maximum Gasteiger partial charge on any atom is 0.306 e. The molecule has 0 amide bonds. The summed E-state index contributed by atoms with van der Waals surface area (Å²) in [5.41, 5.74) is 0. The number of carbonyl (C=O) groups is 3. The molecule has 0 aliphatic heterocycles. The van der Waals surface area contributed by atoms with Crippen LogP contribution in [0.3, 0.4) is 0 Å². The van der Waals surface area contributed by atoms with Gasteiger partial charge < -0.3 is 14.2 Å². The zero-order valence-corrected chi connectivity index (χ0v) is 54.4. The van der Waals surface area contributed by atoms with Crippen molar-refractivity contribution < 1.29 is 28.6 Å². The lowest BCUT2D eigenvalue weighted by molar-refractivity contribution is -0.167. The fourth-order valence-electron chi connectivity index (χ4n) is 11.2. The van der Waals surface area contributed by atoms with E-state index in [0.717, 1.165) is 77.0 Å². The molecule has 0 aliphatic carbocycles. The van der Waals surface area contributed by atoms with Crippen LogP contribution in [-0.2, 0) is 28.6 Å². The Kier molecular flexibility index (Phi) is 67.6. The van der Waals surface area contributed by atoms with E-state index in [9.17, 15) is 14.4 Å². The van der Waals surface area contributed by atoms with Crippen LogP contribution in [0.4, 0.5) is 0 Å². The van der Waals surface area contributed by atoms with E-state index >= 15 is 0 Å². The lowest BCUT2D eigenvalue weighted by Gasteiger charge is -2.18. The standard InChI is InChI=1S/C74H140O6/c1-4-7-10-13-16-19-22-25-28-30-32-34-35-36-37-38-39-40-41-43-44-46-49-52-55-58-61-64-67-73(76)79-70-71(69-78-72(75)66-63-60-57-54-51-48-27-24-21-18-15-12-9-6-3)80-74(77)68-65-62-59-56-53-50-47-45-42-33-31-29-26-23-20-17-14-11-8-5-2/h15,18,24,27,71H,4-14,16-17,19-23,25-26,28-70H2,1-3H3/b18-15-,27-24-. The summed E-state index contributed by atoms with van der Waals surface area (Å²) in [6, 6.07) is 0. The Morgan fingerprint density at radius 1 is 0.250 bits per heavy atom. The van der Waals surface area contributed by atoms with Crippen molar-refractivity contribution in [3.8, 4) is 0 Å². The normalized spacial score (nSPS) is 12.1. The van der Waals surface area contributed by atoms with Crippen LogP contribution in [0, 0.1) is 0 Å². The molecule has 0 aromatic rings. The van der Waals surface area contributed by atoms with E-state index in [1.165, 1.54) is 295 Å². The summed E-state index contributed by atoms with van der Waals surface area (Å²) < 4.78 is 17.0. The van der Waals surface area contributed by atoms with Gasteiger partial charge in [-0.15, -0.1) is 0 Å². The van der Waals surface area contributed by atoms with Crippen molar-refractivity contribution in [2.24, 2.45) is 0 Å². The number of unbranched alkanes of at least 4 members (excludes halogenated alkanes) is 53. The minimum absolute atomic E-state index is 0.0692. The Morgan fingerprint density at radius 2 is 0.463 bits per heavy atom. The molecule has 0 spiro atoms. The summed E-state index contributed by atoms with van der Waals surface area (Å²) in [6.07, 6.45) is 85.1. The molecule has 80 heavy (non-hydrogen) atoms.